The van der Waals surface area contributed by atoms with E-state index in [2.05, 4.69) is 45.3 Å². The van der Waals surface area contributed by atoms with Crippen LogP contribution in [0.2, 0.25) is 0 Å². The molecule has 0 aromatic rings. The van der Waals surface area contributed by atoms with Crippen LogP contribution < -0.4 is 15.5 Å². The second-order valence-corrected chi connectivity index (χ2v) is 12.7. The fraction of sp³-hybridized carbons (Fsp3) is 0.920. The SMILES string of the molecule is C.CC(C)CCCCC(=O)NCC(CNC(=O)CCCCC(C)(C)C)OP(=O)([O-])OC(C)(C)C. The lowest BCUT2D eigenvalue weighted by molar-refractivity contribution is -0.237. The molecule has 0 aliphatic heterocycles. The molecule has 2 atom stereocenters. The summed E-state index contributed by atoms with van der Waals surface area (Å²) in [6.45, 7) is 15.5. The Morgan fingerprint density at radius 3 is 1.76 bits per heavy atom. The summed E-state index contributed by atoms with van der Waals surface area (Å²) >= 11 is 0. The Kier molecular flexibility index (Phi) is 17.3. The van der Waals surface area contributed by atoms with Crippen LogP contribution in [-0.4, -0.2) is 36.6 Å². The van der Waals surface area contributed by atoms with Gasteiger partial charge in [0.15, 0.2) is 0 Å². The Balaban J connectivity index is 0. The van der Waals surface area contributed by atoms with Crippen molar-refractivity contribution in [2.45, 2.75) is 126 Å². The molecule has 2 unspecified atom stereocenters. The van der Waals surface area contributed by atoms with Crippen LogP contribution >= 0.6 is 7.82 Å². The molecule has 0 heterocycles. The number of amides is 2. The maximum absolute atomic E-state index is 12.3. The van der Waals surface area contributed by atoms with Crippen LogP contribution in [0.1, 0.15) is 114 Å². The first-order valence-corrected chi connectivity index (χ1v) is 13.7. The standard InChI is InChI=1S/C24H49N2O6P.CH4/c1-19(2)13-9-10-14-21(27)25-17-20(31-33(29,30)32-24(6,7)8)18-26-22(28)15-11-12-16-23(3,4)5;/h19-20H,9-18H2,1-8H3,(H,25,27)(H,26,28)(H,29,30);1H4/p-1. The van der Waals surface area contributed by atoms with Gasteiger partial charge in [-0.15, -0.1) is 0 Å². The van der Waals surface area contributed by atoms with Crippen LogP contribution in [0.25, 0.3) is 0 Å². The predicted molar refractivity (Wildman–Crippen MR) is 137 cm³/mol. The lowest BCUT2D eigenvalue weighted by Crippen LogP contribution is -2.42. The molecule has 0 aromatic heterocycles. The van der Waals surface area contributed by atoms with Crippen LogP contribution in [0.5, 0.6) is 0 Å². The van der Waals surface area contributed by atoms with Gasteiger partial charge in [0.2, 0.25) is 11.8 Å². The lowest BCUT2D eigenvalue weighted by atomic mass is 9.89. The van der Waals surface area contributed by atoms with Gasteiger partial charge in [-0.3, -0.25) is 14.2 Å². The van der Waals surface area contributed by atoms with Crippen molar-refractivity contribution in [2.24, 2.45) is 11.3 Å². The summed E-state index contributed by atoms with van der Waals surface area (Å²) in [5.41, 5.74) is -0.720. The molecule has 2 N–H and O–H groups in total. The zero-order chi connectivity index (χ0) is 25.7. The van der Waals surface area contributed by atoms with Gasteiger partial charge in [0.25, 0.3) is 7.82 Å². The number of phosphoric acid groups is 1. The number of carbonyl (C=O) groups is 2. The first-order valence-electron chi connectivity index (χ1n) is 12.2. The Morgan fingerprint density at radius 1 is 0.882 bits per heavy atom. The van der Waals surface area contributed by atoms with Crippen molar-refractivity contribution >= 4 is 19.6 Å². The minimum atomic E-state index is -4.62. The minimum Gasteiger partial charge on any atom is -0.756 e. The van der Waals surface area contributed by atoms with Crippen LogP contribution in [0.4, 0.5) is 0 Å². The van der Waals surface area contributed by atoms with E-state index in [1.165, 1.54) is 0 Å². The van der Waals surface area contributed by atoms with Gasteiger partial charge >= 0.3 is 0 Å². The summed E-state index contributed by atoms with van der Waals surface area (Å²) in [5, 5.41) is 5.44. The maximum atomic E-state index is 12.3. The van der Waals surface area contributed by atoms with Crippen LogP contribution in [0, 0.1) is 11.3 Å². The van der Waals surface area contributed by atoms with Crippen LogP contribution in [0.15, 0.2) is 0 Å². The number of hydrogen-bond donors (Lipinski definition) is 2. The van der Waals surface area contributed by atoms with E-state index in [9.17, 15) is 19.0 Å². The smallest absolute Gasteiger partial charge is 0.268 e. The van der Waals surface area contributed by atoms with E-state index < -0.39 is 19.5 Å². The molecule has 2 amide bonds. The third-order valence-electron chi connectivity index (χ3n) is 4.73. The van der Waals surface area contributed by atoms with Gasteiger partial charge in [-0.05, 0) is 51.4 Å². The van der Waals surface area contributed by atoms with Gasteiger partial charge in [-0.1, -0.05) is 61.3 Å². The zero-order valence-corrected chi connectivity index (χ0v) is 23.0. The third kappa shape index (κ3) is 22.8. The molecule has 204 valence electrons. The molecule has 0 fully saturated rings. The van der Waals surface area contributed by atoms with Crippen LogP contribution in [0.3, 0.4) is 0 Å². The highest BCUT2D eigenvalue weighted by Crippen LogP contribution is 2.44. The summed E-state index contributed by atoms with van der Waals surface area (Å²) in [5.74, 6) is 0.255. The van der Waals surface area contributed by atoms with Crippen molar-refractivity contribution in [2.75, 3.05) is 13.1 Å². The minimum absolute atomic E-state index is 0. The van der Waals surface area contributed by atoms with E-state index in [0.717, 1.165) is 38.5 Å². The molecule has 0 saturated carbocycles. The summed E-state index contributed by atoms with van der Waals surface area (Å²) in [6, 6.07) is 0. The van der Waals surface area contributed by atoms with E-state index in [4.69, 9.17) is 9.05 Å². The second-order valence-electron chi connectivity index (χ2n) is 11.4. The van der Waals surface area contributed by atoms with Crippen LogP contribution in [-0.2, 0) is 23.2 Å². The molecule has 0 aliphatic rings. The summed E-state index contributed by atoms with van der Waals surface area (Å²) in [4.78, 5) is 36.6. The van der Waals surface area contributed by atoms with Crippen molar-refractivity contribution in [3.05, 3.63) is 0 Å². The molecule has 34 heavy (non-hydrogen) atoms. The van der Waals surface area contributed by atoms with Gasteiger partial charge < -0.3 is 24.6 Å². The quantitative estimate of drug-likeness (QED) is 0.215. The number of nitrogens with one attached hydrogen (secondary N) is 2. The van der Waals surface area contributed by atoms with E-state index in [1.807, 2.05) is 0 Å². The van der Waals surface area contributed by atoms with Crippen molar-refractivity contribution in [3.8, 4) is 0 Å². The number of carbonyl (C=O) groups excluding carboxylic acids is 2. The first-order chi connectivity index (χ1) is 15.0. The van der Waals surface area contributed by atoms with Gasteiger partial charge in [0, 0.05) is 25.9 Å². The van der Waals surface area contributed by atoms with E-state index in [-0.39, 0.29) is 37.7 Å². The summed E-state index contributed by atoms with van der Waals surface area (Å²) < 4.78 is 22.5. The third-order valence-corrected chi connectivity index (χ3v) is 6.06. The molecule has 0 aromatic carbocycles. The highest BCUT2D eigenvalue weighted by atomic mass is 31.2. The molecule has 0 spiro atoms. The average Bonchev–Trinajstić information content (AvgIpc) is 2.61. The predicted octanol–water partition coefficient (Wildman–Crippen LogP) is 5.35. The topological polar surface area (TPSA) is 117 Å². The summed E-state index contributed by atoms with van der Waals surface area (Å²) in [7, 11) is -4.62. The molecule has 0 rings (SSSR count). The van der Waals surface area contributed by atoms with Gasteiger partial charge in [-0.2, -0.15) is 0 Å². The monoisotopic (exact) mass is 507 g/mol. The normalized spacial score (nSPS) is 14.8. The van der Waals surface area contributed by atoms with E-state index >= 15 is 0 Å². The highest BCUT2D eigenvalue weighted by Gasteiger charge is 2.25. The molecule has 0 saturated heterocycles. The zero-order valence-electron chi connectivity index (χ0n) is 22.1. The first kappa shape index (κ1) is 35.2. The Morgan fingerprint density at radius 2 is 1.35 bits per heavy atom. The van der Waals surface area contributed by atoms with Crippen molar-refractivity contribution in [3.63, 3.8) is 0 Å². The van der Waals surface area contributed by atoms with Crippen molar-refractivity contribution in [1.29, 1.82) is 0 Å². The highest BCUT2D eigenvalue weighted by molar-refractivity contribution is 7.45. The number of phosphoric ester groups is 1. The van der Waals surface area contributed by atoms with Gasteiger partial charge in [0.05, 0.1) is 5.60 Å². The molecule has 0 radical (unpaired) electrons. The Hall–Kier alpha value is -0.950. The van der Waals surface area contributed by atoms with E-state index in [0.29, 0.717) is 18.8 Å². The van der Waals surface area contributed by atoms with Crippen molar-refractivity contribution < 1.29 is 28.1 Å². The number of rotatable bonds is 16. The fourth-order valence-electron chi connectivity index (χ4n) is 3.10. The van der Waals surface area contributed by atoms with Crippen molar-refractivity contribution in [1.82, 2.24) is 10.6 Å². The molecule has 0 aliphatic carbocycles. The van der Waals surface area contributed by atoms with E-state index in [1.54, 1.807) is 20.8 Å². The summed E-state index contributed by atoms with van der Waals surface area (Å²) in [6.07, 6.45) is 5.30. The molecule has 0 bridgehead atoms. The van der Waals surface area contributed by atoms with Gasteiger partial charge in [0.1, 0.15) is 6.10 Å². The molecule has 8 nitrogen and oxygen atoms in total. The Labute approximate surface area is 208 Å². The average molecular weight is 508 g/mol. The Bertz CT molecular complexity index is 626. The molecular weight excluding hydrogens is 455 g/mol. The lowest BCUT2D eigenvalue weighted by Gasteiger charge is -2.33. The van der Waals surface area contributed by atoms with Gasteiger partial charge in [-0.25, -0.2) is 0 Å². The second kappa shape index (κ2) is 16.7. The fourth-order valence-corrected chi connectivity index (χ4v) is 4.33. The number of unbranched alkanes of at least 4 members (excludes halogenated alkanes) is 2. The maximum Gasteiger partial charge on any atom is 0.268 e. The molecular formula is C25H52N2O6P-. The molecule has 9 heteroatoms. The number of hydrogen-bond acceptors (Lipinski definition) is 6. The largest absolute Gasteiger partial charge is 0.756 e.